The highest BCUT2D eigenvalue weighted by Gasteiger charge is 2.33. The molecule has 21 heavy (non-hydrogen) atoms. The van der Waals surface area contributed by atoms with Crippen LogP contribution in [0.3, 0.4) is 0 Å². The van der Waals surface area contributed by atoms with E-state index in [1.807, 2.05) is 0 Å². The van der Waals surface area contributed by atoms with E-state index in [0.29, 0.717) is 0 Å². The summed E-state index contributed by atoms with van der Waals surface area (Å²) in [6.07, 6.45) is -3.52. The van der Waals surface area contributed by atoms with Gasteiger partial charge in [0, 0.05) is 12.3 Å². The molecule has 0 saturated carbocycles. The van der Waals surface area contributed by atoms with Gasteiger partial charge >= 0.3 is 6.18 Å². The van der Waals surface area contributed by atoms with Crippen LogP contribution in [0.1, 0.15) is 23.0 Å². The van der Waals surface area contributed by atoms with Crippen molar-refractivity contribution in [2.45, 2.75) is 13.1 Å². The maximum atomic E-state index is 12.5. The molecule has 0 fully saturated rings. The van der Waals surface area contributed by atoms with Gasteiger partial charge in [-0.3, -0.25) is 14.9 Å². The number of benzene rings is 1. The van der Waals surface area contributed by atoms with Gasteiger partial charge in [0.25, 0.3) is 5.69 Å². The van der Waals surface area contributed by atoms with Gasteiger partial charge in [-0.15, -0.1) is 0 Å². The van der Waals surface area contributed by atoms with Crippen molar-refractivity contribution < 1.29 is 22.9 Å². The average molecular weight is 299 g/mol. The monoisotopic (exact) mass is 299 g/mol. The summed E-state index contributed by atoms with van der Waals surface area (Å²) in [7, 11) is 0. The van der Waals surface area contributed by atoms with Gasteiger partial charge in [0.15, 0.2) is 11.5 Å². The molecule has 0 spiro atoms. The molecular weight excluding hydrogens is 291 g/mol. The quantitative estimate of drug-likeness (QED) is 0.496. The fourth-order valence-electron chi connectivity index (χ4n) is 1.73. The van der Waals surface area contributed by atoms with Crippen LogP contribution in [0.2, 0.25) is 0 Å². The smallest absolute Gasteiger partial charge is 0.294 e. The first-order valence-electron chi connectivity index (χ1n) is 5.63. The molecule has 0 aliphatic rings. The fourth-order valence-corrected chi connectivity index (χ4v) is 1.73. The Morgan fingerprint density at radius 2 is 2.00 bits per heavy atom. The van der Waals surface area contributed by atoms with Crippen molar-refractivity contribution in [3.8, 4) is 5.69 Å². The number of nitro benzene ring substituents is 1. The third-order valence-corrected chi connectivity index (χ3v) is 2.70. The molecule has 2 aromatic rings. The fraction of sp³-hybridized carbons (Fsp3) is 0.167. The van der Waals surface area contributed by atoms with Crippen molar-refractivity contribution in [2.24, 2.45) is 0 Å². The number of nitrogens with zero attached hydrogens (tertiary/aromatic N) is 3. The van der Waals surface area contributed by atoms with Gasteiger partial charge in [-0.2, -0.15) is 18.3 Å². The van der Waals surface area contributed by atoms with Crippen LogP contribution in [0.25, 0.3) is 5.69 Å². The average Bonchev–Trinajstić information content (AvgIpc) is 2.87. The summed E-state index contributed by atoms with van der Waals surface area (Å²) >= 11 is 0. The van der Waals surface area contributed by atoms with Crippen LogP contribution < -0.4 is 0 Å². The van der Waals surface area contributed by atoms with Crippen LogP contribution in [0.15, 0.2) is 30.5 Å². The number of aromatic nitrogens is 2. The van der Waals surface area contributed by atoms with E-state index < -0.39 is 28.3 Å². The van der Waals surface area contributed by atoms with Crippen molar-refractivity contribution in [1.29, 1.82) is 0 Å². The van der Waals surface area contributed by atoms with Crippen molar-refractivity contribution >= 4 is 11.5 Å². The molecule has 0 unspecified atom stereocenters. The van der Waals surface area contributed by atoms with Crippen LogP contribution in [0.5, 0.6) is 0 Å². The summed E-state index contributed by atoms with van der Waals surface area (Å²) < 4.78 is 38.3. The minimum Gasteiger partial charge on any atom is -0.294 e. The minimum absolute atomic E-state index is 0.126. The van der Waals surface area contributed by atoms with Crippen LogP contribution in [0, 0.1) is 10.1 Å². The molecule has 0 atom stereocenters. The van der Waals surface area contributed by atoms with E-state index in [9.17, 15) is 28.1 Å². The largest absolute Gasteiger partial charge is 0.435 e. The molecule has 1 heterocycles. The predicted octanol–water partition coefficient (Wildman–Crippen LogP) is 3.00. The number of carbonyl (C=O) groups excluding carboxylic acids is 1. The molecule has 0 radical (unpaired) electrons. The normalized spacial score (nSPS) is 11.4. The number of rotatable bonds is 3. The lowest BCUT2D eigenvalue weighted by atomic mass is 10.1. The molecule has 0 saturated heterocycles. The van der Waals surface area contributed by atoms with Gasteiger partial charge in [0.2, 0.25) is 0 Å². The van der Waals surface area contributed by atoms with E-state index in [1.165, 1.54) is 6.07 Å². The van der Waals surface area contributed by atoms with Crippen molar-refractivity contribution in [3.05, 3.63) is 51.8 Å². The number of alkyl halides is 3. The zero-order valence-corrected chi connectivity index (χ0v) is 10.6. The van der Waals surface area contributed by atoms with Crippen molar-refractivity contribution in [3.63, 3.8) is 0 Å². The minimum atomic E-state index is -4.59. The number of nitro groups is 1. The lowest BCUT2D eigenvalue weighted by Gasteiger charge is -2.05. The Hall–Kier alpha value is -2.71. The third kappa shape index (κ3) is 2.91. The molecule has 1 aromatic heterocycles. The van der Waals surface area contributed by atoms with Gasteiger partial charge in [0.1, 0.15) is 0 Å². The number of hydrogen-bond acceptors (Lipinski definition) is 4. The molecule has 0 aliphatic carbocycles. The number of halogens is 3. The highest BCUT2D eigenvalue weighted by molar-refractivity contribution is 5.98. The first-order valence-corrected chi connectivity index (χ1v) is 5.63. The second kappa shape index (κ2) is 5.00. The van der Waals surface area contributed by atoms with Crippen molar-refractivity contribution in [1.82, 2.24) is 9.78 Å². The highest BCUT2D eigenvalue weighted by Crippen LogP contribution is 2.28. The summed E-state index contributed by atoms with van der Waals surface area (Å²) in [6, 6.07) is 4.18. The second-order valence-electron chi connectivity index (χ2n) is 4.16. The number of ketones is 1. The van der Waals surface area contributed by atoms with Crippen LogP contribution in [-0.4, -0.2) is 20.5 Å². The molecule has 110 valence electrons. The first kappa shape index (κ1) is 14.7. The summed E-state index contributed by atoms with van der Waals surface area (Å²) in [5.41, 5.74) is -1.57. The zero-order valence-electron chi connectivity index (χ0n) is 10.6. The zero-order chi connectivity index (χ0) is 15.8. The van der Waals surface area contributed by atoms with E-state index in [2.05, 4.69) is 5.10 Å². The molecular formula is C12H8F3N3O3. The Morgan fingerprint density at radius 3 is 2.48 bits per heavy atom. The number of Topliss-reactive ketones (excluding diaryl/α,β-unsaturated/α-hetero) is 1. The SMILES string of the molecule is CC(=O)c1cc(-n2ccc(C(F)(F)F)n2)ccc1[N+](=O)[O-]. The maximum absolute atomic E-state index is 12.5. The summed E-state index contributed by atoms with van der Waals surface area (Å²) in [5, 5.41) is 14.1. The lowest BCUT2D eigenvalue weighted by Crippen LogP contribution is -2.08. The van der Waals surface area contributed by atoms with E-state index in [0.717, 1.165) is 36.0 Å². The summed E-state index contributed by atoms with van der Waals surface area (Å²) in [6.45, 7) is 1.14. The highest BCUT2D eigenvalue weighted by atomic mass is 19.4. The molecule has 0 aliphatic heterocycles. The van der Waals surface area contributed by atoms with E-state index >= 15 is 0 Å². The Bertz CT molecular complexity index is 722. The molecule has 0 bridgehead atoms. The maximum Gasteiger partial charge on any atom is 0.435 e. The Kier molecular flexibility index (Phi) is 3.50. The van der Waals surface area contributed by atoms with Crippen LogP contribution in [0.4, 0.5) is 18.9 Å². The molecule has 2 rings (SSSR count). The van der Waals surface area contributed by atoms with Gasteiger partial charge in [-0.1, -0.05) is 0 Å². The third-order valence-electron chi connectivity index (χ3n) is 2.70. The standard InChI is InChI=1S/C12H8F3N3O3/c1-7(19)9-6-8(2-3-10(9)18(20)21)17-5-4-11(16-17)12(13,14)15/h2-6H,1H3. The molecule has 0 N–H and O–H groups in total. The van der Waals surface area contributed by atoms with Crippen molar-refractivity contribution in [2.75, 3.05) is 0 Å². The van der Waals surface area contributed by atoms with Gasteiger partial charge < -0.3 is 0 Å². The van der Waals surface area contributed by atoms with Crippen LogP contribution >= 0.6 is 0 Å². The van der Waals surface area contributed by atoms with Gasteiger partial charge in [0.05, 0.1) is 16.2 Å². The number of hydrogen-bond donors (Lipinski definition) is 0. The molecule has 1 aromatic carbocycles. The molecule has 6 nitrogen and oxygen atoms in total. The first-order chi connectivity index (χ1) is 9.70. The molecule has 9 heteroatoms. The predicted molar refractivity (Wildman–Crippen MR) is 65.2 cm³/mol. The topological polar surface area (TPSA) is 78.0 Å². The molecule has 0 amide bonds. The Morgan fingerprint density at radius 1 is 1.33 bits per heavy atom. The second-order valence-corrected chi connectivity index (χ2v) is 4.16. The summed E-state index contributed by atoms with van der Waals surface area (Å²) in [5.74, 6) is -0.563. The summed E-state index contributed by atoms with van der Waals surface area (Å²) in [4.78, 5) is 21.5. The van der Waals surface area contributed by atoms with Crippen LogP contribution in [-0.2, 0) is 6.18 Å². The van der Waals surface area contributed by atoms with Gasteiger partial charge in [-0.25, -0.2) is 4.68 Å². The Labute approximate surface area is 116 Å². The van der Waals surface area contributed by atoms with Gasteiger partial charge in [-0.05, 0) is 25.1 Å². The Balaban J connectivity index is 2.51. The van der Waals surface area contributed by atoms with E-state index in [1.54, 1.807) is 0 Å². The number of carbonyl (C=O) groups is 1. The van der Waals surface area contributed by atoms with E-state index in [-0.39, 0.29) is 11.3 Å². The lowest BCUT2D eigenvalue weighted by molar-refractivity contribution is -0.385. The van der Waals surface area contributed by atoms with E-state index in [4.69, 9.17) is 0 Å².